The normalized spacial score (nSPS) is 12.2. The molecule has 0 amide bonds. The average molecular weight is 207 g/mol. The number of rotatable bonds is 7. The molecule has 0 aromatic carbocycles. The largest absolute Gasteiger partial charge is 0.359 e. The van der Waals surface area contributed by atoms with Gasteiger partial charge in [0.05, 0.1) is 24.9 Å². The lowest BCUT2D eigenvalue weighted by Gasteiger charge is -2.07. The minimum atomic E-state index is -0.434. The summed E-state index contributed by atoms with van der Waals surface area (Å²) in [6.07, 6.45) is 0.563. The molecule has 0 bridgehead atoms. The standard InChI is InChI=1S/C7H13NO4S/c1-6(7(9)12-8-13)3-4-11-5-10-2/h6H,3-5H2,1-2H3. The van der Waals surface area contributed by atoms with Crippen molar-refractivity contribution in [1.29, 1.82) is 0 Å². The van der Waals surface area contributed by atoms with Gasteiger partial charge in [-0.25, -0.2) is 4.79 Å². The predicted octanol–water partition coefficient (Wildman–Crippen LogP) is 0.822. The van der Waals surface area contributed by atoms with E-state index >= 15 is 0 Å². The van der Waals surface area contributed by atoms with Gasteiger partial charge < -0.3 is 14.3 Å². The molecule has 0 aromatic rings. The maximum absolute atomic E-state index is 10.9. The highest BCUT2D eigenvalue weighted by atomic mass is 32.1. The van der Waals surface area contributed by atoms with Crippen LogP contribution in [0.3, 0.4) is 0 Å². The topological polar surface area (TPSA) is 57.1 Å². The van der Waals surface area contributed by atoms with Gasteiger partial charge in [-0.2, -0.15) is 0 Å². The van der Waals surface area contributed by atoms with Gasteiger partial charge in [-0.1, -0.05) is 6.92 Å². The van der Waals surface area contributed by atoms with Crippen LogP contribution in [0.1, 0.15) is 13.3 Å². The van der Waals surface area contributed by atoms with E-state index < -0.39 is 5.97 Å². The van der Waals surface area contributed by atoms with Crippen LogP contribution in [0.2, 0.25) is 0 Å². The maximum atomic E-state index is 10.9. The molecular weight excluding hydrogens is 194 g/mol. The van der Waals surface area contributed by atoms with E-state index in [9.17, 15) is 4.79 Å². The van der Waals surface area contributed by atoms with Crippen molar-refractivity contribution in [2.24, 2.45) is 10.4 Å². The van der Waals surface area contributed by atoms with Gasteiger partial charge in [0.25, 0.3) is 0 Å². The summed E-state index contributed by atoms with van der Waals surface area (Å²) < 4.78 is 12.5. The summed E-state index contributed by atoms with van der Waals surface area (Å²) in [5, 5.41) is 0. The number of hydrogen-bond acceptors (Lipinski definition) is 6. The molecule has 0 N–H and O–H groups in total. The Bertz CT molecular complexity index is 165. The van der Waals surface area contributed by atoms with Crippen molar-refractivity contribution in [1.82, 2.24) is 0 Å². The molecule has 13 heavy (non-hydrogen) atoms. The molecule has 1 atom stereocenters. The predicted molar refractivity (Wildman–Crippen MR) is 47.5 cm³/mol. The van der Waals surface area contributed by atoms with Gasteiger partial charge in [0.1, 0.15) is 6.79 Å². The molecule has 0 aliphatic carbocycles. The first kappa shape index (κ1) is 12.4. The Balaban J connectivity index is 3.43. The van der Waals surface area contributed by atoms with Crippen LogP contribution in [0.4, 0.5) is 0 Å². The Morgan fingerprint density at radius 3 is 2.85 bits per heavy atom. The van der Waals surface area contributed by atoms with Gasteiger partial charge in [0.15, 0.2) is 0 Å². The molecule has 76 valence electrons. The lowest BCUT2D eigenvalue weighted by atomic mass is 10.1. The van der Waals surface area contributed by atoms with Crippen molar-refractivity contribution in [3.8, 4) is 0 Å². The van der Waals surface area contributed by atoms with Gasteiger partial charge in [-0.15, -0.1) is 0 Å². The summed E-state index contributed by atoms with van der Waals surface area (Å²) in [6, 6.07) is 0. The fourth-order valence-electron chi connectivity index (χ4n) is 0.647. The molecule has 1 unspecified atom stereocenters. The SMILES string of the molecule is COCOCCC(C)C(=O)ON=S. The van der Waals surface area contributed by atoms with Gasteiger partial charge in [0, 0.05) is 7.11 Å². The third-order valence-electron chi connectivity index (χ3n) is 1.43. The summed E-state index contributed by atoms with van der Waals surface area (Å²) in [5.41, 5.74) is 0. The smallest absolute Gasteiger partial charge is 0.339 e. The van der Waals surface area contributed by atoms with Crippen molar-refractivity contribution in [3.63, 3.8) is 0 Å². The second-order valence-electron chi connectivity index (χ2n) is 2.49. The summed E-state index contributed by atoms with van der Waals surface area (Å²) in [4.78, 5) is 15.2. The van der Waals surface area contributed by atoms with E-state index in [0.717, 1.165) is 0 Å². The van der Waals surface area contributed by atoms with Gasteiger partial charge in [0.2, 0.25) is 0 Å². The van der Waals surface area contributed by atoms with Crippen LogP contribution in [0.5, 0.6) is 0 Å². The van der Waals surface area contributed by atoms with E-state index in [1.165, 1.54) is 7.11 Å². The first-order chi connectivity index (χ1) is 6.22. The minimum Gasteiger partial charge on any atom is -0.359 e. The van der Waals surface area contributed by atoms with E-state index in [1.54, 1.807) is 6.92 Å². The van der Waals surface area contributed by atoms with Crippen LogP contribution >= 0.6 is 0 Å². The number of carbonyl (C=O) groups is 1. The molecule has 0 rings (SSSR count). The first-order valence-corrected chi connectivity index (χ1v) is 4.19. The molecule has 0 radical (unpaired) electrons. The number of hydrogen-bond donors (Lipinski definition) is 0. The lowest BCUT2D eigenvalue weighted by Crippen LogP contribution is -2.14. The summed E-state index contributed by atoms with van der Waals surface area (Å²) >= 11 is 4.13. The van der Waals surface area contributed by atoms with E-state index in [4.69, 9.17) is 4.74 Å². The molecule has 0 spiro atoms. The average Bonchev–Trinajstić information content (AvgIpc) is 2.12. The van der Waals surface area contributed by atoms with Crippen LogP contribution in [0, 0.1) is 5.92 Å². The summed E-state index contributed by atoms with van der Waals surface area (Å²) in [5.74, 6) is -0.695. The summed E-state index contributed by atoms with van der Waals surface area (Å²) in [7, 11) is 1.54. The zero-order valence-corrected chi connectivity index (χ0v) is 8.50. The van der Waals surface area contributed by atoms with Crippen molar-refractivity contribution < 1.29 is 19.1 Å². The third-order valence-corrected chi connectivity index (χ3v) is 1.50. The van der Waals surface area contributed by atoms with Crippen molar-refractivity contribution >= 4 is 18.4 Å². The zero-order chi connectivity index (χ0) is 10.1. The molecule has 0 saturated carbocycles. The van der Waals surface area contributed by atoms with Gasteiger partial charge in [-0.05, 0) is 10.9 Å². The fourth-order valence-corrected chi connectivity index (χ4v) is 0.720. The number of carbonyl (C=O) groups excluding carboxylic acids is 1. The van der Waals surface area contributed by atoms with Crippen molar-refractivity contribution in [2.75, 3.05) is 20.5 Å². The third kappa shape index (κ3) is 6.56. The molecule has 6 heteroatoms. The van der Waals surface area contributed by atoms with Crippen molar-refractivity contribution in [2.45, 2.75) is 13.3 Å². The molecule has 0 heterocycles. The minimum absolute atomic E-state index is 0.229. The van der Waals surface area contributed by atoms with Crippen LogP contribution < -0.4 is 0 Å². The highest BCUT2D eigenvalue weighted by Crippen LogP contribution is 2.04. The molecule has 0 aliphatic heterocycles. The van der Waals surface area contributed by atoms with E-state index in [-0.39, 0.29) is 12.7 Å². The van der Waals surface area contributed by atoms with Crippen molar-refractivity contribution in [3.05, 3.63) is 0 Å². The number of nitrogens with zero attached hydrogens (tertiary/aromatic N) is 1. The highest BCUT2D eigenvalue weighted by molar-refractivity contribution is 7.47. The Morgan fingerprint density at radius 2 is 2.31 bits per heavy atom. The molecular formula is C7H13NO4S. The Morgan fingerprint density at radius 1 is 1.62 bits per heavy atom. The maximum Gasteiger partial charge on any atom is 0.339 e. The van der Waals surface area contributed by atoms with Crippen LogP contribution in [-0.4, -0.2) is 26.5 Å². The van der Waals surface area contributed by atoms with Crippen LogP contribution in [-0.2, 0) is 31.5 Å². The van der Waals surface area contributed by atoms with Gasteiger partial charge >= 0.3 is 5.97 Å². The highest BCUT2D eigenvalue weighted by Gasteiger charge is 2.14. The second-order valence-corrected chi connectivity index (χ2v) is 2.64. The Kier molecular flexibility index (Phi) is 7.66. The van der Waals surface area contributed by atoms with Crippen LogP contribution in [0.25, 0.3) is 0 Å². The second kappa shape index (κ2) is 8.03. The first-order valence-electron chi connectivity index (χ1n) is 3.82. The zero-order valence-electron chi connectivity index (χ0n) is 7.69. The van der Waals surface area contributed by atoms with E-state index in [0.29, 0.717) is 13.0 Å². The molecule has 0 aromatic heterocycles. The molecule has 0 saturated heterocycles. The fraction of sp³-hybridized carbons (Fsp3) is 0.857. The number of methoxy groups -OCH3 is 1. The Labute approximate surface area is 82.5 Å². The quantitative estimate of drug-likeness (QED) is 0.351. The Hall–Kier alpha value is -0.590. The number of ether oxygens (including phenoxy) is 2. The lowest BCUT2D eigenvalue weighted by molar-refractivity contribution is -0.148. The molecule has 0 fully saturated rings. The molecule has 0 aliphatic rings. The monoisotopic (exact) mass is 207 g/mol. The van der Waals surface area contributed by atoms with Crippen LogP contribution in [0.15, 0.2) is 4.53 Å². The van der Waals surface area contributed by atoms with E-state index in [2.05, 4.69) is 26.5 Å². The van der Waals surface area contributed by atoms with Gasteiger partial charge in [-0.3, -0.25) is 0 Å². The summed E-state index contributed by atoms with van der Waals surface area (Å²) in [6.45, 7) is 2.40. The molecule has 5 nitrogen and oxygen atoms in total. The van der Waals surface area contributed by atoms with E-state index in [1.807, 2.05) is 0 Å².